The van der Waals surface area contributed by atoms with Crippen molar-refractivity contribution in [3.8, 4) is 0 Å². The van der Waals surface area contributed by atoms with Crippen LogP contribution in [0.1, 0.15) is 36.7 Å². The third kappa shape index (κ3) is 1.45. The summed E-state index contributed by atoms with van der Waals surface area (Å²) in [7, 11) is 1.73. The Bertz CT molecular complexity index is 322. The fraction of sp³-hybridized carbons (Fsp3) is 0.500. The normalized spacial score (nSPS) is 31.2. The highest BCUT2D eigenvalue weighted by atomic mass is 16.5. The Labute approximate surface area is 84.5 Å². The molecule has 1 aromatic carbocycles. The number of aliphatic hydroxyl groups is 1. The van der Waals surface area contributed by atoms with E-state index < -0.39 is 0 Å². The van der Waals surface area contributed by atoms with Gasteiger partial charge in [0.25, 0.3) is 0 Å². The molecule has 0 bridgehead atoms. The van der Waals surface area contributed by atoms with Crippen molar-refractivity contribution in [1.82, 2.24) is 0 Å². The molecule has 0 saturated heterocycles. The van der Waals surface area contributed by atoms with Gasteiger partial charge in [-0.2, -0.15) is 0 Å². The van der Waals surface area contributed by atoms with Gasteiger partial charge in [0.2, 0.25) is 0 Å². The van der Waals surface area contributed by atoms with Gasteiger partial charge in [0.1, 0.15) is 0 Å². The molecule has 0 heterocycles. The van der Waals surface area contributed by atoms with Crippen molar-refractivity contribution in [1.29, 1.82) is 0 Å². The monoisotopic (exact) mass is 192 g/mol. The van der Waals surface area contributed by atoms with Gasteiger partial charge >= 0.3 is 0 Å². The van der Waals surface area contributed by atoms with Crippen molar-refractivity contribution >= 4 is 0 Å². The second kappa shape index (κ2) is 3.71. The lowest BCUT2D eigenvalue weighted by Gasteiger charge is -2.33. The number of aliphatic hydroxyl groups excluding tert-OH is 1. The summed E-state index contributed by atoms with van der Waals surface area (Å²) in [5.74, 6) is 0.380. The Morgan fingerprint density at radius 2 is 1.93 bits per heavy atom. The maximum absolute atomic E-state index is 9.89. The molecular weight excluding hydrogens is 176 g/mol. The molecule has 0 radical (unpaired) electrons. The molecule has 76 valence electrons. The van der Waals surface area contributed by atoms with Gasteiger partial charge in [-0.3, -0.25) is 0 Å². The van der Waals surface area contributed by atoms with Crippen LogP contribution in [0.5, 0.6) is 0 Å². The van der Waals surface area contributed by atoms with Gasteiger partial charge in [-0.1, -0.05) is 31.2 Å². The number of hydrogen-bond donors (Lipinski definition) is 1. The molecule has 2 heteroatoms. The van der Waals surface area contributed by atoms with Gasteiger partial charge in [0.15, 0.2) is 0 Å². The van der Waals surface area contributed by atoms with Crippen molar-refractivity contribution < 1.29 is 9.84 Å². The average Bonchev–Trinajstić information content (AvgIpc) is 2.18. The quantitative estimate of drug-likeness (QED) is 0.740. The minimum absolute atomic E-state index is 0.134. The first-order chi connectivity index (χ1) is 6.74. The molecule has 1 N–H and O–H groups in total. The summed E-state index contributed by atoms with van der Waals surface area (Å²) < 4.78 is 5.47. The molecule has 0 saturated carbocycles. The summed E-state index contributed by atoms with van der Waals surface area (Å²) in [4.78, 5) is 0. The fourth-order valence-electron chi connectivity index (χ4n) is 2.34. The van der Waals surface area contributed by atoms with Crippen LogP contribution in [0.15, 0.2) is 24.3 Å². The molecule has 0 aromatic heterocycles. The van der Waals surface area contributed by atoms with Gasteiger partial charge in [-0.15, -0.1) is 0 Å². The molecule has 1 aliphatic carbocycles. The van der Waals surface area contributed by atoms with Gasteiger partial charge in [-0.05, 0) is 23.5 Å². The highest BCUT2D eigenvalue weighted by Gasteiger charge is 2.30. The summed E-state index contributed by atoms with van der Waals surface area (Å²) in [5, 5.41) is 9.89. The van der Waals surface area contributed by atoms with Crippen LogP contribution in [-0.2, 0) is 4.74 Å². The van der Waals surface area contributed by atoms with E-state index in [1.54, 1.807) is 7.11 Å². The Hall–Kier alpha value is -0.860. The van der Waals surface area contributed by atoms with Crippen LogP contribution in [0, 0.1) is 5.92 Å². The summed E-state index contributed by atoms with van der Waals surface area (Å²) in [6.45, 7) is 2.12. The van der Waals surface area contributed by atoms with E-state index in [0.717, 1.165) is 17.5 Å². The molecule has 3 atom stereocenters. The first-order valence-electron chi connectivity index (χ1n) is 5.03. The molecule has 2 rings (SSSR count). The molecule has 0 amide bonds. The van der Waals surface area contributed by atoms with E-state index in [9.17, 15) is 5.11 Å². The summed E-state index contributed by atoms with van der Waals surface area (Å²) >= 11 is 0. The van der Waals surface area contributed by atoms with Crippen molar-refractivity contribution in [2.24, 2.45) is 5.92 Å². The molecule has 3 unspecified atom stereocenters. The third-order valence-electron chi connectivity index (χ3n) is 3.03. The minimum atomic E-state index is -0.326. The number of methoxy groups -OCH3 is 1. The zero-order chi connectivity index (χ0) is 10.1. The first-order valence-corrected chi connectivity index (χ1v) is 5.03. The van der Waals surface area contributed by atoms with Gasteiger partial charge in [0, 0.05) is 7.11 Å². The average molecular weight is 192 g/mol. The predicted molar refractivity (Wildman–Crippen MR) is 54.9 cm³/mol. The Morgan fingerprint density at radius 3 is 2.57 bits per heavy atom. The molecule has 2 nitrogen and oxygen atoms in total. The lowest BCUT2D eigenvalue weighted by atomic mass is 9.81. The Morgan fingerprint density at radius 1 is 1.29 bits per heavy atom. The van der Waals surface area contributed by atoms with Crippen molar-refractivity contribution in [2.45, 2.75) is 25.6 Å². The highest BCUT2D eigenvalue weighted by molar-refractivity contribution is 5.33. The van der Waals surface area contributed by atoms with Crippen LogP contribution in [0.4, 0.5) is 0 Å². The summed E-state index contributed by atoms with van der Waals surface area (Å²) in [6, 6.07) is 7.99. The van der Waals surface area contributed by atoms with Gasteiger partial charge < -0.3 is 9.84 Å². The molecular formula is C12H16O2. The maximum Gasteiger partial charge on any atom is 0.0851 e. The van der Waals surface area contributed by atoms with Crippen LogP contribution >= 0.6 is 0 Å². The molecule has 1 aromatic rings. The number of rotatable bonds is 1. The van der Waals surface area contributed by atoms with Crippen molar-refractivity contribution in [3.63, 3.8) is 0 Å². The first kappa shape index (κ1) is 9.69. The number of hydrogen-bond acceptors (Lipinski definition) is 2. The highest BCUT2D eigenvalue weighted by Crippen LogP contribution is 2.41. The minimum Gasteiger partial charge on any atom is -0.388 e. The molecule has 0 spiro atoms. The van der Waals surface area contributed by atoms with E-state index >= 15 is 0 Å². The second-order valence-electron chi connectivity index (χ2n) is 4.01. The van der Waals surface area contributed by atoms with Crippen molar-refractivity contribution in [2.75, 3.05) is 7.11 Å². The molecule has 14 heavy (non-hydrogen) atoms. The van der Waals surface area contributed by atoms with Crippen LogP contribution in [0.3, 0.4) is 0 Å². The van der Waals surface area contributed by atoms with E-state index in [1.165, 1.54) is 0 Å². The van der Waals surface area contributed by atoms with Crippen LogP contribution in [0.25, 0.3) is 0 Å². The van der Waals surface area contributed by atoms with Gasteiger partial charge in [-0.25, -0.2) is 0 Å². The fourth-order valence-corrected chi connectivity index (χ4v) is 2.34. The Kier molecular flexibility index (Phi) is 2.57. The number of benzene rings is 1. The maximum atomic E-state index is 9.89. The third-order valence-corrected chi connectivity index (χ3v) is 3.03. The van der Waals surface area contributed by atoms with Crippen LogP contribution in [0.2, 0.25) is 0 Å². The topological polar surface area (TPSA) is 29.5 Å². The standard InChI is InChI=1S/C12H16O2/c1-8-7-11(13)9-5-3-4-6-10(9)12(8)14-2/h3-6,8,11-13H,7H2,1-2H3. The summed E-state index contributed by atoms with van der Waals surface area (Å²) in [5.41, 5.74) is 2.17. The van der Waals surface area contributed by atoms with Gasteiger partial charge in [0.05, 0.1) is 12.2 Å². The molecule has 1 aliphatic rings. The van der Waals surface area contributed by atoms with Crippen molar-refractivity contribution in [3.05, 3.63) is 35.4 Å². The zero-order valence-electron chi connectivity index (χ0n) is 8.60. The number of ether oxygens (including phenoxy) is 1. The van der Waals surface area contributed by atoms with Crippen LogP contribution in [-0.4, -0.2) is 12.2 Å². The zero-order valence-corrected chi connectivity index (χ0v) is 8.60. The van der Waals surface area contributed by atoms with E-state index in [-0.39, 0.29) is 12.2 Å². The lowest BCUT2D eigenvalue weighted by molar-refractivity contribution is 0.0135. The van der Waals surface area contributed by atoms with E-state index in [0.29, 0.717) is 5.92 Å². The summed E-state index contributed by atoms with van der Waals surface area (Å²) in [6.07, 6.45) is 0.595. The van der Waals surface area contributed by atoms with E-state index in [4.69, 9.17) is 4.74 Å². The molecule has 0 fully saturated rings. The smallest absolute Gasteiger partial charge is 0.0851 e. The van der Waals surface area contributed by atoms with Crippen LogP contribution < -0.4 is 0 Å². The Balaban J connectivity index is 2.45. The second-order valence-corrected chi connectivity index (χ2v) is 4.01. The van der Waals surface area contributed by atoms with E-state index in [1.807, 2.05) is 24.3 Å². The SMILES string of the molecule is COC1c2ccccc2C(O)CC1C. The van der Waals surface area contributed by atoms with E-state index in [2.05, 4.69) is 6.92 Å². The largest absolute Gasteiger partial charge is 0.388 e. The molecule has 0 aliphatic heterocycles. The number of fused-ring (bicyclic) bond motifs is 1. The predicted octanol–water partition coefficient (Wildman–Crippen LogP) is 2.45. The lowest BCUT2D eigenvalue weighted by Crippen LogP contribution is -2.22.